The van der Waals surface area contributed by atoms with Gasteiger partial charge in [0.2, 0.25) is 5.89 Å². The van der Waals surface area contributed by atoms with Crippen LogP contribution in [0.15, 0.2) is 4.52 Å². The monoisotopic (exact) mass is 291 g/mol. The van der Waals surface area contributed by atoms with Gasteiger partial charge in [-0.1, -0.05) is 50.6 Å². The van der Waals surface area contributed by atoms with Gasteiger partial charge in [-0.3, -0.25) is 0 Å². The van der Waals surface area contributed by atoms with E-state index in [2.05, 4.69) is 17.4 Å². The van der Waals surface area contributed by atoms with Crippen molar-refractivity contribution < 1.29 is 4.52 Å². The Hall–Kier alpha value is -0.900. The zero-order chi connectivity index (χ0) is 14.5. The Labute approximate surface area is 128 Å². The molecule has 2 unspecified atom stereocenters. The summed E-state index contributed by atoms with van der Waals surface area (Å²) in [6.45, 7) is 3.20. The SMILES string of the molecule is CCNC1CCCCCC1c1nc(C2CCCCC2)no1. The number of hydrogen-bond donors (Lipinski definition) is 1. The molecule has 1 heterocycles. The van der Waals surface area contributed by atoms with Crippen molar-refractivity contribution in [3.63, 3.8) is 0 Å². The van der Waals surface area contributed by atoms with E-state index in [0.29, 0.717) is 17.9 Å². The topological polar surface area (TPSA) is 51.0 Å². The van der Waals surface area contributed by atoms with Crippen LogP contribution in [0.25, 0.3) is 0 Å². The molecular weight excluding hydrogens is 262 g/mol. The van der Waals surface area contributed by atoms with E-state index in [4.69, 9.17) is 9.51 Å². The van der Waals surface area contributed by atoms with Gasteiger partial charge >= 0.3 is 0 Å². The smallest absolute Gasteiger partial charge is 0.231 e. The minimum Gasteiger partial charge on any atom is -0.339 e. The molecule has 118 valence electrons. The number of hydrogen-bond acceptors (Lipinski definition) is 4. The molecule has 4 heteroatoms. The van der Waals surface area contributed by atoms with E-state index < -0.39 is 0 Å². The Balaban J connectivity index is 1.72. The molecule has 0 amide bonds. The molecule has 2 saturated carbocycles. The molecule has 2 aliphatic carbocycles. The first-order valence-electron chi connectivity index (χ1n) is 8.95. The molecule has 0 saturated heterocycles. The molecule has 4 nitrogen and oxygen atoms in total. The van der Waals surface area contributed by atoms with Crippen LogP contribution in [-0.4, -0.2) is 22.7 Å². The molecule has 2 fully saturated rings. The molecular formula is C17H29N3O. The zero-order valence-electron chi connectivity index (χ0n) is 13.3. The van der Waals surface area contributed by atoms with E-state index in [1.54, 1.807) is 0 Å². The predicted octanol–water partition coefficient (Wildman–Crippen LogP) is 4.14. The molecule has 0 bridgehead atoms. The second-order valence-corrected chi connectivity index (χ2v) is 6.73. The summed E-state index contributed by atoms with van der Waals surface area (Å²) < 4.78 is 5.69. The number of aromatic nitrogens is 2. The number of rotatable bonds is 4. The van der Waals surface area contributed by atoms with Crippen molar-refractivity contribution in [2.75, 3.05) is 6.54 Å². The molecule has 2 atom stereocenters. The Morgan fingerprint density at radius 3 is 2.48 bits per heavy atom. The summed E-state index contributed by atoms with van der Waals surface area (Å²) in [5, 5.41) is 7.96. The Morgan fingerprint density at radius 1 is 1.00 bits per heavy atom. The summed E-state index contributed by atoms with van der Waals surface area (Å²) in [6.07, 6.45) is 12.8. The van der Waals surface area contributed by atoms with E-state index in [-0.39, 0.29) is 0 Å². The lowest BCUT2D eigenvalue weighted by Crippen LogP contribution is -2.34. The first-order valence-corrected chi connectivity index (χ1v) is 8.95. The van der Waals surface area contributed by atoms with E-state index >= 15 is 0 Å². The van der Waals surface area contributed by atoms with E-state index in [0.717, 1.165) is 18.3 Å². The van der Waals surface area contributed by atoms with Gasteiger partial charge in [0.1, 0.15) is 0 Å². The van der Waals surface area contributed by atoms with Crippen molar-refractivity contribution in [2.24, 2.45) is 0 Å². The quantitative estimate of drug-likeness (QED) is 0.847. The van der Waals surface area contributed by atoms with Gasteiger partial charge < -0.3 is 9.84 Å². The maximum Gasteiger partial charge on any atom is 0.231 e. The van der Waals surface area contributed by atoms with Gasteiger partial charge in [0.05, 0.1) is 5.92 Å². The van der Waals surface area contributed by atoms with Crippen molar-refractivity contribution >= 4 is 0 Å². The highest BCUT2D eigenvalue weighted by molar-refractivity contribution is 5.04. The summed E-state index contributed by atoms with van der Waals surface area (Å²) in [5.41, 5.74) is 0. The molecule has 1 aromatic rings. The van der Waals surface area contributed by atoms with Gasteiger partial charge in [-0.25, -0.2) is 0 Å². The summed E-state index contributed by atoms with van der Waals surface area (Å²) >= 11 is 0. The Bertz CT molecular complexity index is 425. The van der Waals surface area contributed by atoms with Crippen molar-refractivity contribution in [3.8, 4) is 0 Å². The van der Waals surface area contributed by atoms with Crippen LogP contribution in [0.5, 0.6) is 0 Å². The van der Waals surface area contributed by atoms with Crippen LogP contribution in [0.4, 0.5) is 0 Å². The fraction of sp³-hybridized carbons (Fsp3) is 0.882. The maximum atomic E-state index is 5.69. The summed E-state index contributed by atoms with van der Waals surface area (Å²) in [5.74, 6) is 2.82. The Kier molecular flexibility index (Phi) is 5.28. The van der Waals surface area contributed by atoms with Crippen LogP contribution in [0.2, 0.25) is 0 Å². The second kappa shape index (κ2) is 7.39. The average molecular weight is 291 g/mol. The number of likely N-dealkylation sites (N-methyl/N-ethyl adjacent to an activating group) is 1. The highest BCUT2D eigenvalue weighted by atomic mass is 16.5. The molecule has 0 radical (unpaired) electrons. The number of nitrogens with one attached hydrogen (secondary N) is 1. The third-order valence-electron chi connectivity index (χ3n) is 5.23. The largest absolute Gasteiger partial charge is 0.339 e. The summed E-state index contributed by atoms with van der Waals surface area (Å²) in [7, 11) is 0. The predicted molar refractivity (Wildman–Crippen MR) is 83.4 cm³/mol. The normalized spacial score (nSPS) is 28.4. The van der Waals surface area contributed by atoms with Crippen molar-refractivity contribution in [2.45, 2.75) is 89.0 Å². The highest BCUT2D eigenvalue weighted by Crippen LogP contribution is 2.34. The summed E-state index contributed by atoms with van der Waals surface area (Å²) in [6, 6.07) is 0.511. The zero-order valence-corrected chi connectivity index (χ0v) is 13.3. The highest BCUT2D eigenvalue weighted by Gasteiger charge is 2.30. The first kappa shape index (κ1) is 15.0. The van der Waals surface area contributed by atoms with E-state index in [9.17, 15) is 0 Å². The van der Waals surface area contributed by atoms with Gasteiger partial charge in [-0.05, 0) is 32.2 Å². The molecule has 1 aromatic heterocycles. The minimum absolute atomic E-state index is 0.414. The third-order valence-corrected chi connectivity index (χ3v) is 5.23. The van der Waals surface area contributed by atoms with E-state index in [1.165, 1.54) is 64.2 Å². The summed E-state index contributed by atoms with van der Waals surface area (Å²) in [4.78, 5) is 4.81. The van der Waals surface area contributed by atoms with Gasteiger partial charge in [-0.2, -0.15) is 4.98 Å². The lowest BCUT2D eigenvalue weighted by molar-refractivity contribution is 0.301. The first-order chi connectivity index (χ1) is 10.4. The molecule has 1 N–H and O–H groups in total. The molecule has 3 rings (SSSR count). The van der Waals surface area contributed by atoms with Gasteiger partial charge in [0, 0.05) is 12.0 Å². The van der Waals surface area contributed by atoms with Crippen LogP contribution < -0.4 is 5.32 Å². The maximum absolute atomic E-state index is 5.69. The second-order valence-electron chi connectivity index (χ2n) is 6.73. The molecule has 21 heavy (non-hydrogen) atoms. The van der Waals surface area contributed by atoms with Crippen LogP contribution in [0.1, 0.15) is 94.7 Å². The van der Waals surface area contributed by atoms with Crippen molar-refractivity contribution in [1.82, 2.24) is 15.5 Å². The lowest BCUT2D eigenvalue weighted by Gasteiger charge is -2.22. The molecule has 0 spiro atoms. The third kappa shape index (κ3) is 3.65. The fourth-order valence-corrected chi connectivity index (χ4v) is 4.03. The Morgan fingerprint density at radius 2 is 1.71 bits per heavy atom. The van der Waals surface area contributed by atoms with Crippen LogP contribution >= 0.6 is 0 Å². The van der Waals surface area contributed by atoms with Gasteiger partial charge in [0.15, 0.2) is 5.82 Å². The molecule has 0 aliphatic heterocycles. The van der Waals surface area contributed by atoms with Crippen molar-refractivity contribution in [3.05, 3.63) is 11.7 Å². The van der Waals surface area contributed by atoms with Gasteiger partial charge in [0.25, 0.3) is 0 Å². The molecule has 0 aromatic carbocycles. The average Bonchev–Trinajstić information content (AvgIpc) is 2.90. The van der Waals surface area contributed by atoms with Crippen molar-refractivity contribution in [1.29, 1.82) is 0 Å². The fourth-order valence-electron chi connectivity index (χ4n) is 4.03. The standard InChI is InChI=1S/C17H29N3O/c1-2-18-15-12-8-4-7-11-14(15)17-19-16(20-21-17)13-9-5-3-6-10-13/h13-15,18H,2-12H2,1H3. The van der Waals surface area contributed by atoms with Crippen LogP contribution in [0.3, 0.4) is 0 Å². The van der Waals surface area contributed by atoms with E-state index in [1.807, 2.05) is 0 Å². The van der Waals surface area contributed by atoms with Crippen LogP contribution in [0, 0.1) is 0 Å². The van der Waals surface area contributed by atoms with Gasteiger partial charge in [-0.15, -0.1) is 0 Å². The number of nitrogens with zero attached hydrogens (tertiary/aromatic N) is 2. The minimum atomic E-state index is 0.414. The lowest BCUT2D eigenvalue weighted by atomic mass is 9.89. The molecule has 2 aliphatic rings. The van der Waals surface area contributed by atoms with Crippen LogP contribution in [-0.2, 0) is 0 Å².